The number of nitrogens with zero attached hydrogens (tertiary/aromatic N) is 2. The summed E-state index contributed by atoms with van der Waals surface area (Å²) in [4.78, 5) is 17.6. The van der Waals surface area contributed by atoms with Gasteiger partial charge in [-0.1, -0.05) is 18.2 Å². The number of hydrogen-bond acceptors (Lipinski definition) is 5. The topological polar surface area (TPSA) is 91.5 Å². The molecule has 0 saturated carbocycles. The van der Waals surface area contributed by atoms with Crippen LogP contribution in [0.5, 0.6) is 0 Å². The van der Waals surface area contributed by atoms with E-state index in [0.29, 0.717) is 17.4 Å². The average Bonchev–Trinajstić information content (AvgIpc) is 3.10. The van der Waals surface area contributed by atoms with E-state index in [2.05, 4.69) is 10.3 Å². The summed E-state index contributed by atoms with van der Waals surface area (Å²) in [7, 11) is 3.50. The van der Waals surface area contributed by atoms with Crippen LogP contribution >= 0.6 is 0 Å². The fourth-order valence-electron chi connectivity index (χ4n) is 3.41. The number of carbonyl (C=O) groups excluding carboxylic acids is 1. The number of benzene rings is 1. The van der Waals surface area contributed by atoms with Crippen LogP contribution in [-0.2, 0) is 6.42 Å². The maximum absolute atomic E-state index is 11.9. The van der Waals surface area contributed by atoms with Crippen molar-refractivity contribution in [2.45, 2.75) is 37.5 Å². The van der Waals surface area contributed by atoms with Gasteiger partial charge in [-0.2, -0.15) is 0 Å². The highest BCUT2D eigenvalue weighted by molar-refractivity contribution is 5.93. The van der Waals surface area contributed by atoms with Crippen molar-refractivity contribution < 1.29 is 9.90 Å². The molecule has 1 aromatic heterocycles. The van der Waals surface area contributed by atoms with Gasteiger partial charge in [0.1, 0.15) is 5.82 Å². The van der Waals surface area contributed by atoms with Crippen LogP contribution in [0.3, 0.4) is 0 Å². The number of aromatic nitrogens is 1. The summed E-state index contributed by atoms with van der Waals surface area (Å²) in [5.74, 6) is 0.463. The largest absolute Gasteiger partial charge is 0.387 e. The second-order valence-electron chi connectivity index (χ2n) is 7.11. The van der Waals surface area contributed by atoms with Crippen LogP contribution < -0.4 is 11.1 Å². The van der Waals surface area contributed by atoms with E-state index >= 15 is 0 Å². The second-order valence-corrected chi connectivity index (χ2v) is 7.11. The van der Waals surface area contributed by atoms with Crippen LogP contribution in [0.1, 0.15) is 40.4 Å². The van der Waals surface area contributed by atoms with Crippen LogP contribution in [0.25, 0.3) is 0 Å². The smallest absolute Gasteiger partial charge is 0.253 e. The number of amides is 1. The fraction of sp³-hybridized carbons (Fsp3) is 0.400. The zero-order chi connectivity index (χ0) is 18.7. The molecule has 0 bridgehead atoms. The molecular weight excluding hydrogens is 328 g/mol. The Morgan fingerprint density at radius 2 is 2.00 bits per heavy atom. The molecule has 1 saturated heterocycles. The lowest BCUT2D eigenvalue weighted by molar-refractivity contribution is 0.0827. The van der Waals surface area contributed by atoms with Crippen molar-refractivity contribution in [3.05, 3.63) is 59.3 Å². The molecule has 1 unspecified atom stereocenters. The highest BCUT2D eigenvalue weighted by Crippen LogP contribution is 2.26. The third-order valence-corrected chi connectivity index (χ3v) is 4.90. The summed E-state index contributed by atoms with van der Waals surface area (Å²) in [5.41, 5.74) is 8.26. The second kappa shape index (κ2) is 7.85. The maximum atomic E-state index is 11.9. The van der Waals surface area contributed by atoms with Gasteiger partial charge in [0.2, 0.25) is 0 Å². The summed E-state index contributed by atoms with van der Waals surface area (Å²) in [6.07, 6.45) is 3.83. The summed E-state index contributed by atoms with van der Waals surface area (Å²) in [6.45, 7) is 0. The molecular formula is C20H26N4O2. The Labute approximate surface area is 154 Å². The van der Waals surface area contributed by atoms with Crippen molar-refractivity contribution in [3.63, 3.8) is 0 Å². The number of nitrogen functional groups attached to an aromatic ring is 1. The summed E-state index contributed by atoms with van der Waals surface area (Å²) >= 11 is 0. The molecule has 1 fully saturated rings. The maximum Gasteiger partial charge on any atom is 0.253 e. The highest BCUT2D eigenvalue weighted by Gasteiger charge is 2.30. The van der Waals surface area contributed by atoms with E-state index in [1.807, 2.05) is 30.3 Å². The van der Waals surface area contributed by atoms with E-state index < -0.39 is 6.10 Å². The molecule has 6 nitrogen and oxygen atoms in total. The van der Waals surface area contributed by atoms with Crippen molar-refractivity contribution in [3.8, 4) is 0 Å². The Morgan fingerprint density at radius 3 is 2.62 bits per heavy atom. The third-order valence-electron chi connectivity index (χ3n) is 4.90. The lowest BCUT2D eigenvalue weighted by Crippen LogP contribution is -2.35. The number of pyridine rings is 1. The Hall–Kier alpha value is -2.44. The molecule has 1 amide bonds. The minimum Gasteiger partial charge on any atom is -0.387 e. The first-order valence-corrected chi connectivity index (χ1v) is 8.90. The van der Waals surface area contributed by atoms with Crippen molar-refractivity contribution in [2.24, 2.45) is 0 Å². The molecule has 0 spiro atoms. The van der Waals surface area contributed by atoms with Gasteiger partial charge in [-0.15, -0.1) is 0 Å². The molecule has 2 heterocycles. The fourth-order valence-corrected chi connectivity index (χ4v) is 3.41. The molecule has 138 valence electrons. The van der Waals surface area contributed by atoms with Gasteiger partial charge in [-0.3, -0.25) is 4.79 Å². The SMILES string of the molecule is CN(C)C(=O)c1ccc(C[C@@H]2CC[C@H](C(O)c3ccc(N)nc3)N2)cc1. The number of rotatable bonds is 5. The third kappa shape index (κ3) is 4.20. The van der Waals surface area contributed by atoms with Crippen LogP contribution in [0.4, 0.5) is 5.82 Å². The van der Waals surface area contributed by atoms with Gasteiger partial charge in [-0.25, -0.2) is 4.98 Å². The molecule has 3 atom stereocenters. The summed E-state index contributed by atoms with van der Waals surface area (Å²) < 4.78 is 0. The summed E-state index contributed by atoms with van der Waals surface area (Å²) in [6, 6.07) is 11.6. The van der Waals surface area contributed by atoms with Crippen LogP contribution in [0.2, 0.25) is 0 Å². The van der Waals surface area contributed by atoms with Gasteiger partial charge in [0.05, 0.1) is 6.10 Å². The van der Waals surface area contributed by atoms with E-state index in [1.165, 1.54) is 5.56 Å². The van der Waals surface area contributed by atoms with E-state index in [4.69, 9.17) is 5.73 Å². The standard InChI is InChI=1S/C20H26N4O2/c1-24(2)20(26)14-5-3-13(4-6-14)11-16-8-9-17(23-16)19(25)15-7-10-18(21)22-12-15/h3-7,10,12,16-17,19,23,25H,8-9,11H2,1-2H3,(H2,21,22)/t16-,17+,19?/m0/s1. The van der Waals surface area contributed by atoms with E-state index in [0.717, 1.165) is 24.8 Å². The first-order chi connectivity index (χ1) is 12.4. The van der Waals surface area contributed by atoms with Gasteiger partial charge >= 0.3 is 0 Å². The first-order valence-electron chi connectivity index (χ1n) is 8.90. The lowest BCUT2D eigenvalue weighted by Gasteiger charge is -2.20. The molecule has 0 aliphatic carbocycles. The number of hydrogen-bond donors (Lipinski definition) is 3. The van der Waals surface area contributed by atoms with Crippen molar-refractivity contribution in [2.75, 3.05) is 19.8 Å². The molecule has 0 radical (unpaired) electrons. The zero-order valence-electron chi connectivity index (χ0n) is 15.2. The quantitative estimate of drug-likeness (QED) is 0.761. The van der Waals surface area contributed by atoms with Gasteiger partial charge in [0.15, 0.2) is 0 Å². The van der Waals surface area contributed by atoms with E-state index in [1.54, 1.807) is 31.3 Å². The highest BCUT2D eigenvalue weighted by atomic mass is 16.3. The predicted molar refractivity (Wildman–Crippen MR) is 102 cm³/mol. The minimum atomic E-state index is -0.590. The minimum absolute atomic E-state index is 0.0100. The molecule has 6 heteroatoms. The van der Waals surface area contributed by atoms with Gasteiger partial charge in [0.25, 0.3) is 5.91 Å². The molecule has 2 aromatic rings. The van der Waals surface area contributed by atoms with Gasteiger partial charge in [0, 0.05) is 43.5 Å². The number of carbonyl (C=O) groups is 1. The van der Waals surface area contributed by atoms with Crippen molar-refractivity contribution in [1.82, 2.24) is 15.2 Å². The number of anilines is 1. The Balaban J connectivity index is 1.57. The predicted octanol–water partition coefficient (Wildman–Crippen LogP) is 1.76. The number of nitrogens with two attached hydrogens (primary N) is 1. The van der Waals surface area contributed by atoms with Gasteiger partial charge < -0.3 is 21.1 Å². The average molecular weight is 354 g/mol. The number of aliphatic hydroxyl groups is 1. The molecule has 1 aromatic carbocycles. The monoisotopic (exact) mass is 354 g/mol. The molecule has 3 rings (SSSR count). The van der Waals surface area contributed by atoms with Crippen LogP contribution in [-0.4, -0.2) is 47.1 Å². The molecule has 4 N–H and O–H groups in total. The van der Waals surface area contributed by atoms with E-state index in [-0.39, 0.29) is 11.9 Å². The van der Waals surface area contributed by atoms with Gasteiger partial charge in [-0.05, 0) is 43.0 Å². The lowest BCUT2D eigenvalue weighted by atomic mass is 10.0. The molecule has 1 aliphatic rings. The molecule has 26 heavy (non-hydrogen) atoms. The Morgan fingerprint density at radius 1 is 1.27 bits per heavy atom. The van der Waals surface area contributed by atoms with Crippen molar-refractivity contribution in [1.29, 1.82) is 0 Å². The molecule has 1 aliphatic heterocycles. The van der Waals surface area contributed by atoms with Crippen LogP contribution in [0.15, 0.2) is 42.6 Å². The summed E-state index contributed by atoms with van der Waals surface area (Å²) in [5, 5.41) is 14.1. The van der Waals surface area contributed by atoms with Crippen LogP contribution in [0, 0.1) is 0 Å². The Bertz CT molecular complexity index is 743. The number of nitrogens with one attached hydrogen (secondary N) is 1. The first kappa shape index (κ1) is 18.4. The zero-order valence-corrected chi connectivity index (χ0v) is 15.2. The van der Waals surface area contributed by atoms with E-state index in [9.17, 15) is 9.90 Å². The Kier molecular flexibility index (Phi) is 5.54. The van der Waals surface area contributed by atoms with Crippen molar-refractivity contribution >= 4 is 11.7 Å². The normalized spacial score (nSPS) is 20.7. The number of aliphatic hydroxyl groups excluding tert-OH is 1.